The van der Waals surface area contributed by atoms with E-state index in [1.165, 1.54) is 29.5 Å². The number of carbonyl (C=O) groups is 2. The van der Waals surface area contributed by atoms with Gasteiger partial charge >= 0.3 is 0 Å². The zero-order valence-electron chi connectivity index (χ0n) is 15.8. The molecule has 0 saturated carbocycles. The number of hydrogen-bond acceptors (Lipinski definition) is 6. The Hall–Kier alpha value is -3.97. The van der Waals surface area contributed by atoms with Crippen molar-refractivity contribution in [3.05, 3.63) is 88.2 Å². The van der Waals surface area contributed by atoms with Gasteiger partial charge in [-0.15, -0.1) is 0 Å². The predicted octanol–water partition coefficient (Wildman–Crippen LogP) is 5.71. The lowest BCUT2D eigenvalue weighted by Crippen LogP contribution is -2.00. The van der Waals surface area contributed by atoms with Gasteiger partial charge in [-0.05, 0) is 53.2 Å². The first-order valence-corrected chi connectivity index (χ1v) is 10.3. The fourth-order valence-electron chi connectivity index (χ4n) is 3.70. The first-order valence-electron chi connectivity index (χ1n) is 9.44. The van der Waals surface area contributed by atoms with Crippen molar-refractivity contribution in [3.8, 4) is 11.5 Å². The van der Waals surface area contributed by atoms with Crippen molar-refractivity contribution in [2.45, 2.75) is 0 Å². The number of aromatic nitrogens is 2. The zero-order valence-corrected chi connectivity index (χ0v) is 16.6. The number of fused-ring (bicyclic) bond motifs is 3. The van der Waals surface area contributed by atoms with Gasteiger partial charge in [0, 0.05) is 16.7 Å². The number of hydrogen-bond donors (Lipinski definition) is 0. The smallest absolute Gasteiger partial charge is 0.259 e. The molecule has 0 amide bonds. The van der Waals surface area contributed by atoms with E-state index in [0.29, 0.717) is 38.1 Å². The number of benzene rings is 3. The van der Waals surface area contributed by atoms with Crippen LogP contribution in [0.25, 0.3) is 38.8 Å². The van der Waals surface area contributed by atoms with Crippen LogP contribution in [0.3, 0.4) is 0 Å². The standard InChI is InChI=1S/C24H11FN2O3S/c25-15-7-5-12(6-8-15)22-27-24-23(30-22)26-19(31-24)11-18-20(28)16-9-13-3-1-2-4-14(13)10-17(16)21(18)29/h1-11H. The highest BCUT2D eigenvalue weighted by Crippen LogP contribution is 2.34. The van der Waals surface area contributed by atoms with Crippen molar-refractivity contribution < 1.29 is 18.4 Å². The largest absolute Gasteiger partial charge is 0.417 e. The number of oxazole rings is 1. The van der Waals surface area contributed by atoms with Crippen molar-refractivity contribution in [3.63, 3.8) is 0 Å². The lowest BCUT2D eigenvalue weighted by Gasteiger charge is -2.00. The first-order chi connectivity index (χ1) is 15.1. The molecule has 0 unspecified atom stereocenters. The van der Waals surface area contributed by atoms with Gasteiger partial charge in [0.05, 0.1) is 5.57 Å². The molecule has 0 bridgehead atoms. The molecule has 7 heteroatoms. The molecule has 3 aromatic carbocycles. The van der Waals surface area contributed by atoms with Crippen LogP contribution in [-0.4, -0.2) is 21.5 Å². The van der Waals surface area contributed by atoms with Gasteiger partial charge in [0.2, 0.25) is 5.89 Å². The van der Waals surface area contributed by atoms with Crippen LogP contribution in [0.15, 0.2) is 70.7 Å². The number of Topliss-reactive ketones (excluding diaryl/α,β-unsaturated/α-hetero) is 2. The molecule has 0 N–H and O–H groups in total. The summed E-state index contributed by atoms with van der Waals surface area (Å²) in [5.74, 6) is -0.626. The van der Waals surface area contributed by atoms with E-state index in [1.54, 1.807) is 24.3 Å². The Labute approximate surface area is 178 Å². The topological polar surface area (TPSA) is 73.1 Å². The summed E-state index contributed by atoms with van der Waals surface area (Å²) in [5, 5.41) is 2.28. The number of ketones is 2. The second kappa shape index (κ2) is 6.52. The molecule has 6 rings (SSSR count). The van der Waals surface area contributed by atoms with Crippen LogP contribution in [0.2, 0.25) is 0 Å². The van der Waals surface area contributed by atoms with E-state index < -0.39 is 0 Å². The highest BCUT2D eigenvalue weighted by atomic mass is 32.1. The summed E-state index contributed by atoms with van der Waals surface area (Å²) in [4.78, 5) is 35.1. The maximum atomic E-state index is 13.1. The molecule has 0 fully saturated rings. The van der Waals surface area contributed by atoms with Crippen LogP contribution in [0, 0.1) is 5.82 Å². The minimum Gasteiger partial charge on any atom is -0.417 e. The monoisotopic (exact) mass is 426 g/mol. The lowest BCUT2D eigenvalue weighted by molar-refractivity contribution is 0.0990. The van der Waals surface area contributed by atoms with E-state index in [-0.39, 0.29) is 23.0 Å². The maximum absolute atomic E-state index is 13.1. The number of carbonyl (C=O) groups excluding carboxylic acids is 2. The lowest BCUT2D eigenvalue weighted by atomic mass is 10.0. The normalized spacial score (nSPS) is 13.4. The summed E-state index contributed by atoms with van der Waals surface area (Å²) in [6, 6.07) is 16.9. The molecule has 1 aliphatic rings. The number of halogens is 1. The molecular formula is C24H11FN2O3S. The van der Waals surface area contributed by atoms with E-state index in [0.717, 1.165) is 10.8 Å². The fraction of sp³-hybridized carbons (Fsp3) is 0. The summed E-state index contributed by atoms with van der Waals surface area (Å²) in [7, 11) is 0. The average Bonchev–Trinajstić information content (AvgIpc) is 3.40. The van der Waals surface area contributed by atoms with E-state index in [2.05, 4.69) is 9.97 Å². The van der Waals surface area contributed by atoms with Crippen LogP contribution in [0.4, 0.5) is 4.39 Å². The molecule has 0 aliphatic heterocycles. The Bertz CT molecular complexity index is 1490. The summed E-state index contributed by atoms with van der Waals surface area (Å²) >= 11 is 1.22. The minimum absolute atomic E-state index is 0.0838. The van der Waals surface area contributed by atoms with E-state index in [4.69, 9.17) is 4.42 Å². The van der Waals surface area contributed by atoms with E-state index in [1.807, 2.05) is 24.3 Å². The molecule has 1 aliphatic carbocycles. The summed E-state index contributed by atoms with van der Waals surface area (Å²) in [6.07, 6.45) is 1.49. The van der Waals surface area contributed by atoms with Gasteiger partial charge in [-0.3, -0.25) is 9.59 Å². The van der Waals surface area contributed by atoms with E-state index in [9.17, 15) is 14.0 Å². The van der Waals surface area contributed by atoms with Gasteiger partial charge in [0.15, 0.2) is 16.4 Å². The Morgan fingerprint density at radius 3 is 2.13 bits per heavy atom. The van der Waals surface area contributed by atoms with E-state index >= 15 is 0 Å². The highest BCUT2D eigenvalue weighted by Gasteiger charge is 2.33. The van der Waals surface area contributed by atoms with Crippen LogP contribution in [0.1, 0.15) is 25.7 Å². The molecule has 5 nitrogen and oxygen atoms in total. The third-order valence-corrected chi connectivity index (χ3v) is 6.09. The maximum Gasteiger partial charge on any atom is 0.259 e. The Balaban J connectivity index is 1.38. The molecular weight excluding hydrogens is 415 g/mol. The van der Waals surface area contributed by atoms with Gasteiger partial charge in [0.25, 0.3) is 5.71 Å². The Morgan fingerprint density at radius 1 is 0.871 bits per heavy atom. The van der Waals surface area contributed by atoms with Crippen molar-refractivity contribution in [1.29, 1.82) is 0 Å². The average molecular weight is 426 g/mol. The fourth-order valence-corrected chi connectivity index (χ4v) is 4.51. The molecule has 0 atom stereocenters. The van der Waals surface area contributed by atoms with Gasteiger partial charge in [-0.1, -0.05) is 35.6 Å². The van der Waals surface area contributed by atoms with Crippen LogP contribution in [0.5, 0.6) is 0 Å². The molecule has 31 heavy (non-hydrogen) atoms. The second-order valence-corrected chi connectivity index (χ2v) is 8.16. The van der Waals surface area contributed by atoms with Gasteiger partial charge < -0.3 is 4.42 Å². The van der Waals surface area contributed by atoms with Crippen molar-refractivity contribution in [2.24, 2.45) is 0 Å². The SMILES string of the molecule is O=C1C(=Cc2nc3oc(-c4ccc(F)cc4)nc3s2)C(=O)c2cc3ccccc3cc21. The van der Waals surface area contributed by atoms with Crippen LogP contribution in [-0.2, 0) is 0 Å². The van der Waals surface area contributed by atoms with Gasteiger partial charge in [0.1, 0.15) is 10.8 Å². The number of allylic oxidation sites excluding steroid dienone is 1. The van der Waals surface area contributed by atoms with Gasteiger partial charge in [-0.25, -0.2) is 4.39 Å². The van der Waals surface area contributed by atoms with Crippen molar-refractivity contribution in [2.75, 3.05) is 0 Å². The van der Waals surface area contributed by atoms with Crippen molar-refractivity contribution >= 4 is 50.3 Å². The highest BCUT2D eigenvalue weighted by molar-refractivity contribution is 7.18. The van der Waals surface area contributed by atoms with Gasteiger partial charge in [-0.2, -0.15) is 9.97 Å². The second-order valence-electron chi connectivity index (χ2n) is 7.15. The van der Waals surface area contributed by atoms with Crippen molar-refractivity contribution in [1.82, 2.24) is 9.97 Å². The zero-order chi connectivity index (χ0) is 21.1. The molecule has 2 aromatic heterocycles. The number of rotatable bonds is 2. The third-order valence-electron chi connectivity index (χ3n) is 5.22. The quantitative estimate of drug-likeness (QED) is 0.267. The number of thiazole rings is 1. The molecule has 2 heterocycles. The summed E-state index contributed by atoms with van der Waals surface area (Å²) < 4.78 is 18.8. The summed E-state index contributed by atoms with van der Waals surface area (Å²) in [6.45, 7) is 0. The molecule has 5 aromatic rings. The molecule has 0 radical (unpaired) electrons. The molecule has 0 saturated heterocycles. The minimum atomic E-state index is -0.344. The predicted molar refractivity (Wildman–Crippen MR) is 116 cm³/mol. The summed E-state index contributed by atoms with van der Waals surface area (Å²) in [5.41, 5.74) is 1.84. The molecule has 0 spiro atoms. The molecule has 148 valence electrons. The van der Waals surface area contributed by atoms with Crippen LogP contribution >= 0.6 is 11.3 Å². The Kier molecular flexibility index (Phi) is 3.75. The Morgan fingerprint density at radius 2 is 1.52 bits per heavy atom. The van der Waals surface area contributed by atoms with Crippen LogP contribution < -0.4 is 0 Å². The number of nitrogens with zero attached hydrogens (tertiary/aromatic N) is 2. The first kappa shape index (κ1) is 17.9. The third kappa shape index (κ3) is 2.82.